The highest BCUT2D eigenvalue weighted by molar-refractivity contribution is 6.07. The van der Waals surface area contributed by atoms with Crippen molar-refractivity contribution in [1.82, 2.24) is 9.88 Å². The largest absolute Gasteiger partial charge is 0.342 e. The summed E-state index contributed by atoms with van der Waals surface area (Å²) in [6, 6.07) is 9.56. The Kier molecular flexibility index (Phi) is 5.27. The number of Topliss-reactive ketones (excluding diaryl/α,β-unsaturated/α-hetero) is 1. The Balaban J connectivity index is 1.67. The van der Waals surface area contributed by atoms with E-state index >= 15 is 0 Å². The molecule has 3 rings (SSSR count). The standard InChI is InChI=1S/C21H24N2O2/c1-3-16-14-23(15(2)24)13-11-17(16)8-9-21(25)19-10-12-22-20-7-5-4-6-18(19)20/h3-7,10,12,16-17H,1,8-9,11,13-14H2,2H3. The zero-order valence-electron chi connectivity index (χ0n) is 14.6. The van der Waals surface area contributed by atoms with Gasteiger partial charge in [0.1, 0.15) is 0 Å². The van der Waals surface area contributed by atoms with Crippen molar-refractivity contribution in [3.63, 3.8) is 0 Å². The van der Waals surface area contributed by atoms with Crippen LogP contribution in [0.1, 0.15) is 36.5 Å². The van der Waals surface area contributed by atoms with Crippen LogP contribution in [0.4, 0.5) is 0 Å². The van der Waals surface area contributed by atoms with E-state index in [0.29, 0.717) is 12.3 Å². The molecule has 0 saturated carbocycles. The minimum Gasteiger partial charge on any atom is -0.342 e. The van der Waals surface area contributed by atoms with Gasteiger partial charge in [-0.25, -0.2) is 0 Å². The first-order valence-corrected chi connectivity index (χ1v) is 8.85. The maximum Gasteiger partial charge on any atom is 0.219 e. The minimum absolute atomic E-state index is 0.115. The van der Waals surface area contributed by atoms with Gasteiger partial charge in [-0.1, -0.05) is 24.3 Å². The van der Waals surface area contributed by atoms with Crippen LogP contribution in [-0.4, -0.2) is 34.7 Å². The van der Waals surface area contributed by atoms with Gasteiger partial charge in [-0.2, -0.15) is 0 Å². The molecule has 4 nitrogen and oxygen atoms in total. The molecule has 0 aliphatic carbocycles. The van der Waals surface area contributed by atoms with Crippen LogP contribution in [0.5, 0.6) is 0 Å². The maximum absolute atomic E-state index is 12.8. The zero-order valence-corrected chi connectivity index (χ0v) is 14.6. The molecule has 0 bridgehead atoms. The van der Waals surface area contributed by atoms with Crippen LogP contribution in [0.2, 0.25) is 0 Å². The van der Waals surface area contributed by atoms with Crippen molar-refractivity contribution >= 4 is 22.6 Å². The van der Waals surface area contributed by atoms with Crippen LogP contribution in [0, 0.1) is 11.8 Å². The molecule has 4 heteroatoms. The fraction of sp³-hybridized carbons (Fsp3) is 0.381. The third-order valence-corrected chi connectivity index (χ3v) is 5.25. The number of nitrogens with zero attached hydrogens (tertiary/aromatic N) is 2. The summed E-state index contributed by atoms with van der Waals surface area (Å²) in [4.78, 5) is 30.5. The van der Waals surface area contributed by atoms with Crippen molar-refractivity contribution in [3.05, 3.63) is 54.7 Å². The molecule has 2 aromatic rings. The molecule has 1 aromatic heterocycles. The predicted octanol–water partition coefficient (Wildman–Crippen LogP) is 3.87. The lowest BCUT2D eigenvalue weighted by Crippen LogP contribution is -2.42. The molecule has 130 valence electrons. The monoisotopic (exact) mass is 336 g/mol. The van der Waals surface area contributed by atoms with Crippen molar-refractivity contribution in [2.45, 2.75) is 26.2 Å². The number of benzene rings is 1. The van der Waals surface area contributed by atoms with Gasteiger partial charge < -0.3 is 4.90 Å². The van der Waals surface area contributed by atoms with E-state index in [0.717, 1.165) is 42.4 Å². The van der Waals surface area contributed by atoms with Crippen LogP contribution >= 0.6 is 0 Å². The number of piperidine rings is 1. The molecule has 25 heavy (non-hydrogen) atoms. The Morgan fingerprint density at radius 3 is 2.88 bits per heavy atom. The SMILES string of the molecule is C=CC1CN(C(C)=O)CCC1CCC(=O)c1ccnc2ccccc12. The molecular formula is C21H24N2O2. The summed E-state index contributed by atoms with van der Waals surface area (Å²) in [5, 5.41) is 0.918. The normalized spacial score (nSPS) is 20.4. The van der Waals surface area contributed by atoms with Crippen LogP contribution in [0.25, 0.3) is 10.9 Å². The first-order chi connectivity index (χ1) is 12.1. The predicted molar refractivity (Wildman–Crippen MR) is 99.4 cm³/mol. The number of fused-ring (bicyclic) bond motifs is 1. The molecule has 1 saturated heterocycles. The molecular weight excluding hydrogens is 312 g/mol. The zero-order chi connectivity index (χ0) is 17.8. The second-order valence-corrected chi connectivity index (χ2v) is 6.75. The highest BCUT2D eigenvalue weighted by Crippen LogP contribution is 2.29. The smallest absolute Gasteiger partial charge is 0.219 e. The maximum atomic E-state index is 12.8. The molecule has 2 atom stereocenters. The molecule has 2 heterocycles. The van der Waals surface area contributed by atoms with Gasteiger partial charge in [-0.05, 0) is 36.8 Å². The number of ketones is 1. The number of para-hydroxylation sites is 1. The fourth-order valence-electron chi connectivity index (χ4n) is 3.73. The van der Waals surface area contributed by atoms with Gasteiger partial charge in [-0.3, -0.25) is 14.6 Å². The molecule has 1 fully saturated rings. The molecule has 1 aromatic carbocycles. The number of carbonyl (C=O) groups excluding carboxylic acids is 2. The van der Waals surface area contributed by atoms with Crippen molar-refractivity contribution in [1.29, 1.82) is 0 Å². The third kappa shape index (κ3) is 3.78. The van der Waals surface area contributed by atoms with Crippen molar-refractivity contribution < 1.29 is 9.59 Å². The lowest BCUT2D eigenvalue weighted by molar-refractivity contribution is -0.131. The summed E-state index contributed by atoms with van der Waals surface area (Å²) >= 11 is 0. The fourth-order valence-corrected chi connectivity index (χ4v) is 3.73. The van der Waals surface area contributed by atoms with Gasteiger partial charge in [0.05, 0.1) is 5.52 Å². The van der Waals surface area contributed by atoms with Crippen LogP contribution < -0.4 is 0 Å². The van der Waals surface area contributed by atoms with Crippen LogP contribution in [0.3, 0.4) is 0 Å². The third-order valence-electron chi connectivity index (χ3n) is 5.25. The number of hydrogen-bond acceptors (Lipinski definition) is 3. The van der Waals surface area contributed by atoms with E-state index in [4.69, 9.17) is 0 Å². The van der Waals surface area contributed by atoms with Gasteiger partial charge >= 0.3 is 0 Å². The number of rotatable bonds is 5. The second kappa shape index (κ2) is 7.60. The highest BCUT2D eigenvalue weighted by Gasteiger charge is 2.28. The lowest BCUT2D eigenvalue weighted by Gasteiger charge is -2.36. The van der Waals surface area contributed by atoms with Gasteiger partial charge in [0, 0.05) is 43.6 Å². The van der Waals surface area contributed by atoms with Crippen molar-refractivity contribution in [3.8, 4) is 0 Å². The van der Waals surface area contributed by atoms with Crippen molar-refractivity contribution in [2.24, 2.45) is 11.8 Å². The molecule has 0 radical (unpaired) electrons. The number of pyridine rings is 1. The summed E-state index contributed by atoms with van der Waals surface area (Å²) in [5.41, 5.74) is 1.61. The second-order valence-electron chi connectivity index (χ2n) is 6.75. The number of amides is 1. The van der Waals surface area contributed by atoms with Gasteiger partial charge in [0.25, 0.3) is 0 Å². The number of hydrogen-bond donors (Lipinski definition) is 0. The first-order valence-electron chi connectivity index (χ1n) is 8.85. The van der Waals surface area contributed by atoms with Crippen LogP contribution in [-0.2, 0) is 4.79 Å². The average molecular weight is 336 g/mol. The number of carbonyl (C=O) groups is 2. The van der Waals surface area contributed by atoms with Gasteiger partial charge in [0.15, 0.2) is 5.78 Å². The topological polar surface area (TPSA) is 50.3 Å². The van der Waals surface area contributed by atoms with E-state index in [9.17, 15) is 9.59 Å². The molecule has 1 amide bonds. The van der Waals surface area contributed by atoms with E-state index in [-0.39, 0.29) is 17.6 Å². The van der Waals surface area contributed by atoms with Crippen LogP contribution in [0.15, 0.2) is 49.2 Å². The van der Waals surface area contributed by atoms with Gasteiger partial charge in [-0.15, -0.1) is 6.58 Å². The molecule has 0 N–H and O–H groups in total. The van der Waals surface area contributed by atoms with E-state index in [1.165, 1.54) is 0 Å². The lowest BCUT2D eigenvalue weighted by atomic mass is 9.81. The van der Waals surface area contributed by atoms with E-state index in [2.05, 4.69) is 11.6 Å². The summed E-state index contributed by atoms with van der Waals surface area (Å²) < 4.78 is 0. The van der Waals surface area contributed by atoms with E-state index < -0.39 is 0 Å². The molecule has 0 spiro atoms. The van der Waals surface area contributed by atoms with E-state index in [1.807, 2.05) is 41.3 Å². The Labute approximate surface area is 148 Å². The Hall–Kier alpha value is -2.49. The number of aromatic nitrogens is 1. The summed E-state index contributed by atoms with van der Waals surface area (Å²) in [5.74, 6) is 0.949. The Morgan fingerprint density at radius 2 is 2.12 bits per heavy atom. The van der Waals surface area contributed by atoms with E-state index in [1.54, 1.807) is 13.1 Å². The quantitative estimate of drug-likeness (QED) is 0.615. The minimum atomic E-state index is 0.115. The molecule has 1 aliphatic rings. The summed E-state index contributed by atoms with van der Waals surface area (Å²) in [6.07, 6.45) is 5.92. The first kappa shape index (κ1) is 17.3. The molecule has 2 unspecified atom stereocenters. The molecule has 1 aliphatic heterocycles. The summed E-state index contributed by atoms with van der Waals surface area (Å²) in [7, 11) is 0. The Bertz CT molecular complexity index is 794. The summed E-state index contributed by atoms with van der Waals surface area (Å²) in [6.45, 7) is 7.03. The highest BCUT2D eigenvalue weighted by atomic mass is 16.2. The van der Waals surface area contributed by atoms with Gasteiger partial charge in [0.2, 0.25) is 5.91 Å². The average Bonchev–Trinajstić information content (AvgIpc) is 2.65. The van der Waals surface area contributed by atoms with Crippen molar-refractivity contribution in [2.75, 3.05) is 13.1 Å². The number of likely N-dealkylation sites (tertiary alicyclic amines) is 1. The Morgan fingerprint density at radius 1 is 1.32 bits per heavy atom.